The van der Waals surface area contributed by atoms with E-state index in [-0.39, 0.29) is 5.91 Å². The second kappa shape index (κ2) is 8.62. The average molecular weight is 363 g/mol. The molecule has 2 N–H and O–H groups in total. The normalized spacial score (nSPS) is 10.3. The lowest BCUT2D eigenvalue weighted by molar-refractivity contribution is -0.116. The number of anilines is 2. The molecule has 2 aromatic carbocycles. The van der Waals surface area contributed by atoms with E-state index in [9.17, 15) is 4.79 Å². The molecule has 6 heteroatoms. The van der Waals surface area contributed by atoms with Gasteiger partial charge in [0.15, 0.2) is 0 Å². The van der Waals surface area contributed by atoms with Gasteiger partial charge in [-0.15, -0.1) is 0 Å². The lowest BCUT2D eigenvalue weighted by atomic mass is 10.1. The molecule has 0 saturated carbocycles. The van der Waals surface area contributed by atoms with Gasteiger partial charge in [0, 0.05) is 30.8 Å². The van der Waals surface area contributed by atoms with Gasteiger partial charge >= 0.3 is 0 Å². The van der Waals surface area contributed by atoms with Gasteiger partial charge in [0.2, 0.25) is 5.91 Å². The number of hydrogen-bond acceptors (Lipinski definition) is 4. The highest BCUT2D eigenvalue weighted by molar-refractivity contribution is 6.32. The second-order valence-electron chi connectivity index (χ2n) is 5.68. The molecule has 0 bridgehead atoms. The average Bonchev–Trinajstić information content (AvgIpc) is 2.58. The fraction of sp³-hybridized carbons (Fsp3) is 0.316. The monoisotopic (exact) mass is 362 g/mol. The topological polar surface area (TPSA) is 59.6 Å². The van der Waals surface area contributed by atoms with E-state index in [1.165, 1.54) is 14.2 Å². The van der Waals surface area contributed by atoms with Gasteiger partial charge in [-0.25, -0.2) is 0 Å². The lowest BCUT2D eigenvalue weighted by Gasteiger charge is -2.14. The summed E-state index contributed by atoms with van der Waals surface area (Å²) in [5.74, 6) is 0.842. The number of hydrogen-bond donors (Lipinski definition) is 2. The van der Waals surface area contributed by atoms with Crippen molar-refractivity contribution in [2.24, 2.45) is 0 Å². The van der Waals surface area contributed by atoms with Gasteiger partial charge < -0.3 is 20.1 Å². The maximum atomic E-state index is 12.2. The molecule has 0 unspecified atom stereocenters. The summed E-state index contributed by atoms with van der Waals surface area (Å²) in [6, 6.07) is 9.37. The molecule has 2 aromatic rings. The van der Waals surface area contributed by atoms with Gasteiger partial charge in [-0.2, -0.15) is 0 Å². The van der Waals surface area contributed by atoms with Gasteiger partial charge in [0.25, 0.3) is 0 Å². The predicted octanol–water partition coefficient (Wildman–Crippen LogP) is 4.41. The Morgan fingerprint density at radius 1 is 1.08 bits per heavy atom. The van der Waals surface area contributed by atoms with Crippen LogP contribution in [0.3, 0.4) is 0 Å². The molecule has 0 aliphatic carbocycles. The number of carbonyl (C=O) groups is 1. The molecule has 0 heterocycles. The lowest BCUT2D eigenvalue weighted by Crippen LogP contribution is -2.17. The Labute approximate surface area is 153 Å². The highest BCUT2D eigenvalue weighted by Crippen LogP contribution is 2.35. The number of nitrogens with one attached hydrogen (secondary N) is 2. The van der Waals surface area contributed by atoms with Crippen molar-refractivity contribution in [1.29, 1.82) is 0 Å². The SMILES string of the molecule is COc1cc(NC(=O)CCNc2c(C)cccc2C)c(OC)cc1Cl. The third kappa shape index (κ3) is 4.79. The van der Waals surface area contributed by atoms with Gasteiger partial charge in [-0.05, 0) is 25.0 Å². The smallest absolute Gasteiger partial charge is 0.226 e. The molecule has 0 aliphatic heterocycles. The zero-order valence-electron chi connectivity index (χ0n) is 14.9. The van der Waals surface area contributed by atoms with Gasteiger partial charge in [0.05, 0.1) is 24.9 Å². The van der Waals surface area contributed by atoms with Crippen molar-refractivity contribution in [2.75, 3.05) is 31.4 Å². The van der Waals surface area contributed by atoms with Gasteiger partial charge in [-0.3, -0.25) is 4.79 Å². The van der Waals surface area contributed by atoms with Crippen molar-refractivity contribution in [3.8, 4) is 11.5 Å². The van der Waals surface area contributed by atoms with Crippen LogP contribution in [0.1, 0.15) is 17.5 Å². The molecule has 25 heavy (non-hydrogen) atoms. The van der Waals surface area contributed by atoms with Crippen LogP contribution in [0.15, 0.2) is 30.3 Å². The van der Waals surface area contributed by atoms with E-state index in [2.05, 4.69) is 10.6 Å². The van der Waals surface area contributed by atoms with Crippen molar-refractivity contribution in [2.45, 2.75) is 20.3 Å². The van der Waals surface area contributed by atoms with Crippen molar-refractivity contribution < 1.29 is 14.3 Å². The van der Waals surface area contributed by atoms with Gasteiger partial charge in [0.1, 0.15) is 11.5 Å². The first kappa shape index (κ1) is 18.9. The Bertz CT molecular complexity index is 742. The maximum absolute atomic E-state index is 12.2. The van der Waals surface area contributed by atoms with Crippen LogP contribution in [-0.4, -0.2) is 26.7 Å². The largest absolute Gasteiger partial charge is 0.495 e. The van der Waals surface area contributed by atoms with E-state index >= 15 is 0 Å². The maximum Gasteiger partial charge on any atom is 0.226 e. The molecule has 0 aromatic heterocycles. The van der Waals surface area contributed by atoms with E-state index in [1.807, 2.05) is 32.0 Å². The molecule has 0 radical (unpaired) electrons. The van der Waals surface area contributed by atoms with Crippen LogP contribution in [0.25, 0.3) is 0 Å². The number of benzene rings is 2. The first-order chi connectivity index (χ1) is 12.0. The molecular formula is C19H23ClN2O3. The Morgan fingerprint density at radius 3 is 2.32 bits per heavy atom. The minimum Gasteiger partial charge on any atom is -0.495 e. The number of amides is 1. The molecule has 0 aliphatic rings. The first-order valence-electron chi connectivity index (χ1n) is 7.97. The summed E-state index contributed by atoms with van der Waals surface area (Å²) in [6.07, 6.45) is 0.321. The molecule has 0 saturated heterocycles. The molecule has 1 amide bonds. The number of aryl methyl sites for hydroxylation is 2. The van der Waals surface area contributed by atoms with Crippen molar-refractivity contribution in [3.63, 3.8) is 0 Å². The van der Waals surface area contributed by atoms with Crippen molar-refractivity contribution in [1.82, 2.24) is 0 Å². The van der Waals surface area contributed by atoms with Crippen molar-refractivity contribution in [3.05, 3.63) is 46.5 Å². The summed E-state index contributed by atoms with van der Waals surface area (Å²) in [5.41, 5.74) is 3.91. The minimum absolute atomic E-state index is 0.124. The first-order valence-corrected chi connectivity index (χ1v) is 8.35. The number of methoxy groups -OCH3 is 2. The summed E-state index contributed by atoms with van der Waals surface area (Å²) >= 11 is 6.07. The number of para-hydroxylation sites is 1. The van der Waals surface area contributed by atoms with Crippen LogP contribution >= 0.6 is 11.6 Å². The quantitative estimate of drug-likeness (QED) is 0.765. The van der Waals surface area contributed by atoms with E-state index in [0.29, 0.717) is 35.2 Å². The van der Waals surface area contributed by atoms with Crippen molar-refractivity contribution >= 4 is 28.9 Å². The third-order valence-corrected chi connectivity index (χ3v) is 4.18. The summed E-state index contributed by atoms with van der Waals surface area (Å²) in [6.45, 7) is 4.62. The van der Waals surface area contributed by atoms with Crippen LogP contribution in [0, 0.1) is 13.8 Å². The molecule has 5 nitrogen and oxygen atoms in total. The van der Waals surface area contributed by atoms with E-state index < -0.39 is 0 Å². The standard InChI is InChI=1S/C19H23ClN2O3/c1-12-6-5-7-13(2)19(12)21-9-8-18(23)22-15-11-16(24-3)14(20)10-17(15)25-4/h5-7,10-11,21H,8-9H2,1-4H3,(H,22,23). The minimum atomic E-state index is -0.124. The van der Waals surface area contributed by atoms with Gasteiger partial charge in [-0.1, -0.05) is 29.8 Å². The highest BCUT2D eigenvalue weighted by atomic mass is 35.5. The van der Waals surface area contributed by atoms with E-state index in [1.54, 1.807) is 12.1 Å². The summed E-state index contributed by atoms with van der Waals surface area (Å²) in [4.78, 5) is 12.2. The molecular weight excluding hydrogens is 340 g/mol. The number of halogens is 1. The molecule has 2 rings (SSSR count). The zero-order valence-corrected chi connectivity index (χ0v) is 15.7. The summed E-state index contributed by atoms with van der Waals surface area (Å²) < 4.78 is 10.4. The summed E-state index contributed by atoms with van der Waals surface area (Å²) in [7, 11) is 3.05. The molecule has 0 spiro atoms. The van der Waals surface area contributed by atoms with E-state index in [0.717, 1.165) is 16.8 Å². The van der Waals surface area contributed by atoms with Crippen LogP contribution in [0.5, 0.6) is 11.5 Å². The number of ether oxygens (including phenoxy) is 2. The Balaban J connectivity index is 1.99. The molecule has 0 atom stereocenters. The number of rotatable bonds is 7. The fourth-order valence-electron chi connectivity index (χ4n) is 2.57. The van der Waals surface area contributed by atoms with Crippen LogP contribution in [-0.2, 0) is 4.79 Å². The Morgan fingerprint density at radius 2 is 1.72 bits per heavy atom. The second-order valence-corrected chi connectivity index (χ2v) is 6.09. The van der Waals surface area contributed by atoms with Crippen LogP contribution in [0.2, 0.25) is 5.02 Å². The van der Waals surface area contributed by atoms with Crippen LogP contribution in [0.4, 0.5) is 11.4 Å². The van der Waals surface area contributed by atoms with E-state index in [4.69, 9.17) is 21.1 Å². The highest BCUT2D eigenvalue weighted by Gasteiger charge is 2.12. The summed E-state index contributed by atoms with van der Waals surface area (Å²) in [5, 5.41) is 6.58. The zero-order chi connectivity index (χ0) is 18.4. The Hall–Kier alpha value is -2.40. The Kier molecular flexibility index (Phi) is 6.53. The number of carbonyl (C=O) groups excluding carboxylic acids is 1. The molecule has 134 valence electrons. The predicted molar refractivity (Wildman–Crippen MR) is 102 cm³/mol. The third-order valence-electron chi connectivity index (χ3n) is 3.88. The molecule has 0 fully saturated rings. The van der Waals surface area contributed by atoms with Crippen LogP contribution < -0.4 is 20.1 Å². The fourth-order valence-corrected chi connectivity index (χ4v) is 2.80.